The summed E-state index contributed by atoms with van der Waals surface area (Å²) in [6.07, 6.45) is 0.417. The highest BCUT2D eigenvalue weighted by molar-refractivity contribution is 9.10. The standard InChI is InChI=1S/C12H14BrNO/c1-9(2)8-14-12(15)7-10-3-5-11(13)6-4-10/h3-6H,1,7-8H2,2H3,(H,14,15). The number of benzene rings is 1. The number of rotatable bonds is 4. The molecule has 0 heterocycles. The van der Waals surface area contributed by atoms with Crippen molar-refractivity contribution >= 4 is 21.8 Å². The molecule has 0 unspecified atom stereocenters. The fourth-order valence-corrected chi connectivity index (χ4v) is 1.36. The quantitative estimate of drug-likeness (QED) is 0.836. The molecule has 0 saturated heterocycles. The van der Waals surface area contributed by atoms with Gasteiger partial charge in [0, 0.05) is 11.0 Å². The van der Waals surface area contributed by atoms with Gasteiger partial charge in [-0.15, -0.1) is 0 Å². The van der Waals surface area contributed by atoms with Crippen molar-refractivity contribution in [2.75, 3.05) is 6.54 Å². The van der Waals surface area contributed by atoms with Crippen LogP contribution in [0.4, 0.5) is 0 Å². The van der Waals surface area contributed by atoms with Gasteiger partial charge in [0.25, 0.3) is 0 Å². The zero-order chi connectivity index (χ0) is 11.3. The highest BCUT2D eigenvalue weighted by atomic mass is 79.9. The minimum absolute atomic E-state index is 0.0281. The van der Waals surface area contributed by atoms with Crippen molar-refractivity contribution in [3.8, 4) is 0 Å². The molecule has 3 heteroatoms. The van der Waals surface area contributed by atoms with Crippen molar-refractivity contribution in [2.24, 2.45) is 0 Å². The van der Waals surface area contributed by atoms with Crippen LogP contribution in [0.2, 0.25) is 0 Å². The summed E-state index contributed by atoms with van der Waals surface area (Å²) in [5.74, 6) is 0.0281. The molecule has 1 N–H and O–H groups in total. The molecule has 1 amide bonds. The second-order valence-electron chi connectivity index (χ2n) is 3.54. The van der Waals surface area contributed by atoms with Crippen LogP contribution in [0.3, 0.4) is 0 Å². The molecule has 0 aliphatic rings. The number of halogens is 1. The molecule has 2 nitrogen and oxygen atoms in total. The predicted molar refractivity (Wildman–Crippen MR) is 65.7 cm³/mol. The van der Waals surface area contributed by atoms with E-state index in [9.17, 15) is 4.79 Å². The Morgan fingerprint density at radius 3 is 2.53 bits per heavy atom. The minimum Gasteiger partial charge on any atom is -0.352 e. The van der Waals surface area contributed by atoms with E-state index in [0.717, 1.165) is 15.6 Å². The van der Waals surface area contributed by atoms with E-state index in [2.05, 4.69) is 27.8 Å². The summed E-state index contributed by atoms with van der Waals surface area (Å²) in [7, 11) is 0. The summed E-state index contributed by atoms with van der Waals surface area (Å²) < 4.78 is 1.02. The number of amides is 1. The third-order valence-electron chi connectivity index (χ3n) is 1.87. The van der Waals surface area contributed by atoms with E-state index in [1.54, 1.807) is 0 Å². The first-order valence-corrected chi connectivity index (χ1v) is 5.53. The van der Waals surface area contributed by atoms with Gasteiger partial charge < -0.3 is 5.32 Å². The van der Waals surface area contributed by atoms with Gasteiger partial charge >= 0.3 is 0 Å². The molecular weight excluding hydrogens is 254 g/mol. The van der Waals surface area contributed by atoms with E-state index in [1.807, 2.05) is 31.2 Å². The lowest BCUT2D eigenvalue weighted by molar-refractivity contribution is -0.120. The zero-order valence-corrected chi connectivity index (χ0v) is 10.3. The van der Waals surface area contributed by atoms with Gasteiger partial charge in [-0.2, -0.15) is 0 Å². The molecule has 1 aromatic rings. The van der Waals surface area contributed by atoms with Gasteiger partial charge in [0.2, 0.25) is 5.91 Å². The van der Waals surface area contributed by atoms with Gasteiger partial charge in [-0.1, -0.05) is 40.2 Å². The summed E-state index contributed by atoms with van der Waals surface area (Å²) in [4.78, 5) is 11.4. The molecule has 0 aliphatic heterocycles. The number of hydrogen-bond donors (Lipinski definition) is 1. The van der Waals surface area contributed by atoms with Crippen molar-refractivity contribution in [2.45, 2.75) is 13.3 Å². The Labute approximate surface area is 98.5 Å². The lowest BCUT2D eigenvalue weighted by Gasteiger charge is -2.04. The van der Waals surface area contributed by atoms with Gasteiger partial charge in [0.05, 0.1) is 6.42 Å². The first-order valence-electron chi connectivity index (χ1n) is 4.73. The smallest absolute Gasteiger partial charge is 0.224 e. The first kappa shape index (κ1) is 12.0. The summed E-state index contributed by atoms with van der Waals surface area (Å²) in [5, 5.41) is 2.79. The van der Waals surface area contributed by atoms with E-state index in [-0.39, 0.29) is 5.91 Å². The maximum Gasteiger partial charge on any atom is 0.224 e. The Hall–Kier alpha value is -1.09. The molecule has 0 aromatic heterocycles. The fraction of sp³-hybridized carbons (Fsp3) is 0.250. The summed E-state index contributed by atoms with van der Waals surface area (Å²) in [6, 6.07) is 7.73. The fourth-order valence-electron chi connectivity index (χ4n) is 1.10. The van der Waals surface area contributed by atoms with E-state index < -0.39 is 0 Å². The summed E-state index contributed by atoms with van der Waals surface area (Å²) >= 11 is 3.35. The monoisotopic (exact) mass is 267 g/mol. The van der Waals surface area contributed by atoms with Crippen LogP contribution in [0.25, 0.3) is 0 Å². The van der Waals surface area contributed by atoms with E-state index in [1.165, 1.54) is 0 Å². The maximum absolute atomic E-state index is 11.4. The molecule has 1 aromatic carbocycles. The van der Waals surface area contributed by atoms with Crippen LogP contribution in [0.5, 0.6) is 0 Å². The van der Waals surface area contributed by atoms with E-state index in [4.69, 9.17) is 0 Å². The van der Waals surface area contributed by atoms with E-state index >= 15 is 0 Å². The molecule has 0 spiro atoms. The Morgan fingerprint density at radius 1 is 1.40 bits per heavy atom. The molecule has 15 heavy (non-hydrogen) atoms. The third-order valence-corrected chi connectivity index (χ3v) is 2.39. The number of carbonyl (C=O) groups is 1. The molecule has 0 radical (unpaired) electrons. The molecule has 0 fully saturated rings. The largest absolute Gasteiger partial charge is 0.352 e. The van der Waals surface area contributed by atoms with Crippen LogP contribution >= 0.6 is 15.9 Å². The SMILES string of the molecule is C=C(C)CNC(=O)Cc1ccc(Br)cc1. The van der Waals surface area contributed by atoms with Gasteiger partial charge in [-0.3, -0.25) is 4.79 Å². The average molecular weight is 268 g/mol. The van der Waals surface area contributed by atoms with Crippen molar-refractivity contribution in [1.29, 1.82) is 0 Å². The van der Waals surface area contributed by atoms with E-state index in [0.29, 0.717) is 13.0 Å². The Balaban J connectivity index is 2.44. The Bertz CT molecular complexity index is 356. The minimum atomic E-state index is 0.0281. The van der Waals surface area contributed by atoms with Crippen LogP contribution in [0, 0.1) is 0 Å². The Kier molecular flexibility index (Phi) is 4.56. The second-order valence-corrected chi connectivity index (χ2v) is 4.45. The average Bonchev–Trinajstić information content (AvgIpc) is 2.19. The van der Waals surface area contributed by atoms with Crippen molar-refractivity contribution in [3.05, 3.63) is 46.5 Å². The highest BCUT2D eigenvalue weighted by Gasteiger charge is 2.02. The zero-order valence-electron chi connectivity index (χ0n) is 8.72. The van der Waals surface area contributed by atoms with Crippen LogP contribution in [0.1, 0.15) is 12.5 Å². The van der Waals surface area contributed by atoms with Crippen LogP contribution in [0.15, 0.2) is 40.9 Å². The van der Waals surface area contributed by atoms with Gasteiger partial charge in [0.1, 0.15) is 0 Å². The lowest BCUT2D eigenvalue weighted by atomic mass is 10.1. The molecule has 0 saturated carbocycles. The van der Waals surface area contributed by atoms with Gasteiger partial charge in [0.15, 0.2) is 0 Å². The van der Waals surface area contributed by atoms with Gasteiger partial charge in [-0.05, 0) is 24.6 Å². The van der Waals surface area contributed by atoms with Gasteiger partial charge in [-0.25, -0.2) is 0 Å². The van der Waals surface area contributed by atoms with Crippen LogP contribution in [-0.2, 0) is 11.2 Å². The summed E-state index contributed by atoms with van der Waals surface area (Å²) in [5.41, 5.74) is 1.97. The number of hydrogen-bond acceptors (Lipinski definition) is 1. The third kappa shape index (κ3) is 4.79. The highest BCUT2D eigenvalue weighted by Crippen LogP contribution is 2.10. The molecule has 80 valence electrons. The Morgan fingerprint density at radius 2 is 2.00 bits per heavy atom. The molecule has 0 bridgehead atoms. The maximum atomic E-state index is 11.4. The normalized spacial score (nSPS) is 9.73. The molecule has 0 aliphatic carbocycles. The number of carbonyl (C=O) groups excluding carboxylic acids is 1. The summed E-state index contributed by atoms with van der Waals surface area (Å²) in [6.45, 7) is 6.16. The molecular formula is C12H14BrNO. The first-order chi connectivity index (χ1) is 7.08. The predicted octanol–water partition coefficient (Wildman–Crippen LogP) is 2.68. The molecule has 1 rings (SSSR count). The molecule has 0 atom stereocenters. The topological polar surface area (TPSA) is 29.1 Å². The number of nitrogens with one attached hydrogen (secondary N) is 1. The van der Waals surface area contributed by atoms with Crippen molar-refractivity contribution in [1.82, 2.24) is 5.32 Å². The second kappa shape index (κ2) is 5.71. The van der Waals surface area contributed by atoms with Crippen LogP contribution in [-0.4, -0.2) is 12.5 Å². The van der Waals surface area contributed by atoms with Crippen LogP contribution < -0.4 is 5.32 Å². The lowest BCUT2D eigenvalue weighted by Crippen LogP contribution is -2.26. The van der Waals surface area contributed by atoms with Crippen molar-refractivity contribution in [3.63, 3.8) is 0 Å². The van der Waals surface area contributed by atoms with Crippen molar-refractivity contribution < 1.29 is 4.79 Å².